The van der Waals surface area contributed by atoms with Crippen molar-refractivity contribution in [3.05, 3.63) is 0 Å². The van der Waals surface area contributed by atoms with Crippen LogP contribution in [0.3, 0.4) is 0 Å². The van der Waals surface area contributed by atoms with E-state index in [1.807, 2.05) is 0 Å². The molecular formula is C13H25NS. The van der Waals surface area contributed by atoms with Crippen molar-refractivity contribution in [1.82, 2.24) is 5.32 Å². The average molecular weight is 227 g/mol. The van der Waals surface area contributed by atoms with E-state index >= 15 is 0 Å². The fourth-order valence-corrected chi connectivity index (χ4v) is 4.18. The van der Waals surface area contributed by atoms with Crippen LogP contribution in [0, 0.1) is 11.8 Å². The van der Waals surface area contributed by atoms with E-state index < -0.39 is 0 Å². The van der Waals surface area contributed by atoms with Crippen molar-refractivity contribution in [2.24, 2.45) is 11.8 Å². The lowest BCUT2D eigenvalue weighted by atomic mass is 9.84. The van der Waals surface area contributed by atoms with Gasteiger partial charge >= 0.3 is 0 Å². The van der Waals surface area contributed by atoms with Crippen molar-refractivity contribution in [2.45, 2.75) is 51.5 Å². The molecule has 0 amide bonds. The van der Waals surface area contributed by atoms with Gasteiger partial charge in [0.05, 0.1) is 0 Å². The molecule has 0 spiro atoms. The average Bonchev–Trinajstić information content (AvgIpc) is 2.80. The van der Waals surface area contributed by atoms with E-state index in [1.165, 1.54) is 56.6 Å². The molecule has 0 bridgehead atoms. The molecule has 1 aliphatic carbocycles. The molecule has 0 aromatic rings. The lowest BCUT2D eigenvalue weighted by Gasteiger charge is -2.29. The first-order valence-corrected chi connectivity index (χ1v) is 7.83. The summed E-state index contributed by atoms with van der Waals surface area (Å²) in [4.78, 5) is 0. The van der Waals surface area contributed by atoms with Crippen LogP contribution >= 0.6 is 11.8 Å². The minimum absolute atomic E-state index is 0.760. The summed E-state index contributed by atoms with van der Waals surface area (Å²) >= 11 is 2.13. The van der Waals surface area contributed by atoms with Gasteiger partial charge in [-0.2, -0.15) is 11.8 Å². The van der Waals surface area contributed by atoms with Crippen molar-refractivity contribution in [3.63, 3.8) is 0 Å². The lowest BCUT2D eigenvalue weighted by molar-refractivity contribution is 0.274. The molecule has 2 aliphatic rings. The van der Waals surface area contributed by atoms with Gasteiger partial charge in [0, 0.05) is 6.04 Å². The second-order valence-corrected chi connectivity index (χ2v) is 6.47. The highest BCUT2D eigenvalue weighted by atomic mass is 32.2. The molecule has 2 rings (SSSR count). The Labute approximate surface area is 98.8 Å². The number of nitrogens with one attached hydrogen (secondary N) is 1. The third-order valence-corrected chi connectivity index (χ3v) is 5.34. The Morgan fingerprint density at radius 3 is 2.67 bits per heavy atom. The zero-order valence-electron chi connectivity index (χ0n) is 10.0. The van der Waals surface area contributed by atoms with Gasteiger partial charge in [0.1, 0.15) is 0 Å². The second-order valence-electron chi connectivity index (χ2n) is 5.32. The van der Waals surface area contributed by atoms with E-state index in [2.05, 4.69) is 24.0 Å². The second kappa shape index (κ2) is 6.15. The third-order valence-electron chi connectivity index (χ3n) is 4.11. The summed E-state index contributed by atoms with van der Waals surface area (Å²) in [6.07, 6.45) is 8.78. The molecule has 0 aromatic carbocycles. The molecule has 2 fully saturated rings. The van der Waals surface area contributed by atoms with Crippen molar-refractivity contribution in [2.75, 3.05) is 18.1 Å². The minimum Gasteiger partial charge on any atom is -0.314 e. The van der Waals surface area contributed by atoms with E-state index in [1.54, 1.807) is 0 Å². The molecule has 1 nitrogen and oxygen atoms in total. The predicted octanol–water partition coefficient (Wildman–Crippen LogP) is 3.30. The van der Waals surface area contributed by atoms with Crippen LogP contribution in [-0.2, 0) is 0 Å². The van der Waals surface area contributed by atoms with E-state index in [0.717, 1.165) is 17.9 Å². The van der Waals surface area contributed by atoms with Gasteiger partial charge in [0.15, 0.2) is 0 Å². The monoisotopic (exact) mass is 227 g/mol. The summed E-state index contributed by atoms with van der Waals surface area (Å²) < 4.78 is 0. The number of hydrogen-bond acceptors (Lipinski definition) is 2. The van der Waals surface area contributed by atoms with Crippen LogP contribution in [0.2, 0.25) is 0 Å². The van der Waals surface area contributed by atoms with Crippen molar-refractivity contribution >= 4 is 11.8 Å². The summed E-state index contributed by atoms with van der Waals surface area (Å²) in [7, 11) is 0. The van der Waals surface area contributed by atoms with E-state index in [-0.39, 0.29) is 0 Å². The molecule has 88 valence electrons. The molecule has 2 heteroatoms. The van der Waals surface area contributed by atoms with Crippen LogP contribution in [-0.4, -0.2) is 24.1 Å². The van der Waals surface area contributed by atoms with Crippen LogP contribution < -0.4 is 5.32 Å². The molecule has 1 saturated heterocycles. The first-order chi connectivity index (χ1) is 7.36. The van der Waals surface area contributed by atoms with Crippen molar-refractivity contribution < 1.29 is 0 Å². The summed E-state index contributed by atoms with van der Waals surface area (Å²) in [5, 5.41) is 3.78. The zero-order chi connectivity index (χ0) is 10.5. The first kappa shape index (κ1) is 11.8. The van der Waals surface area contributed by atoms with Gasteiger partial charge in [-0.1, -0.05) is 19.3 Å². The van der Waals surface area contributed by atoms with Crippen LogP contribution in [0.1, 0.15) is 45.4 Å². The Morgan fingerprint density at radius 1 is 1.20 bits per heavy atom. The molecule has 15 heavy (non-hydrogen) atoms. The Bertz CT molecular complexity index is 171. The highest BCUT2D eigenvalue weighted by molar-refractivity contribution is 7.99. The summed E-state index contributed by atoms with van der Waals surface area (Å²) in [5.41, 5.74) is 0. The van der Waals surface area contributed by atoms with Gasteiger partial charge in [-0.25, -0.2) is 0 Å². The molecule has 2 atom stereocenters. The molecule has 0 radical (unpaired) electrons. The van der Waals surface area contributed by atoms with Crippen molar-refractivity contribution in [1.29, 1.82) is 0 Å². The van der Waals surface area contributed by atoms with Gasteiger partial charge < -0.3 is 5.32 Å². The van der Waals surface area contributed by atoms with Crippen LogP contribution in [0.5, 0.6) is 0 Å². The molecule has 1 saturated carbocycles. The summed E-state index contributed by atoms with van der Waals surface area (Å²) in [5.74, 6) is 4.71. The van der Waals surface area contributed by atoms with E-state index in [9.17, 15) is 0 Å². The largest absolute Gasteiger partial charge is 0.314 e. The summed E-state index contributed by atoms with van der Waals surface area (Å²) in [6.45, 7) is 3.67. The van der Waals surface area contributed by atoms with Gasteiger partial charge in [-0.05, 0) is 56.1 Å². The zero-order valence-corrected chi connectivity index (χ0v) is 10.8. The van der Waals surface area contributed by atoms with E-state index in [0.29, 0.717) is 0 Å². The Kier molecular flexibility index (Phi) is 4.83. The first-order valence-electron chi connectivity index (χ1n) is 6.67. The van der Waals surface area contributed by atoms with Crippen LogP contribution in [0.4, 0.5) is 0 Å². The molecule has 0 aromatic heterocycles. The fraction of sp³-hybridized carbons (Fsp3) is 1.00. The molecular weight excluding hydrogens is 202 g/mol. The van der Waals surface area contributed by atoms with Gasteiger partial charge in [0.25, 0.3) is 0 Å². The quantitative estimate of drug-likeness (QED) is 0.791. The summed E-state index contributed by atoms with van der Waals surface area (Å²) in [6, 6.07) is 0.760. The van der Waals surface area contributed by atoms with Gasteiger partial charge in [-0.15, -0.1) is 0 Å². The normalized spacial score (nSPS) is 30.6. The SMILES string of the molecule is CC(NCC1CCSC1)C1CCCCC1. The molecule has 1 N–H and O–H groups in total. The van der Waals surface area contributed by atoms with Crippen LogP contribution in [0.25, 0.3) is 0 Å². The van der Waals surface area contributed by atoms with Gasteiger partial charge in [0.2, 0.25) is 0 Å². The van der Waals surface area contributed by atoms with Crippen LogP contribution in [0.15, 0.2) is 0 Å². The molecule has 1 aliphatic heterocycles. The highest BCUT2D eigenvalue weighted by Crippen LogP contribution is 2.27. The standard InChI is InChI=1S/C13H25NS/c1-11(13-5-3-2-4-6-13)14-9-12-7-8-15-10-12/h11-14H,2-10H2,1H3. The number of rotatable bonds is 4. The lowest BCUT2D eigenvalue weighted by Crippen LogP contribution is -2.37. The maximum atomic E-state index is 3.78. The third kappa shape index (κ3) is 3.67. The Hall–Kier alpha value is 0.310. The molecule has 1 heterocycles. The smallest absolute Gasteiger partial charge is 0.00671 e. The highest BCUT2D eigenvalue weighted by Gasteiger charge is 2.21. The maximum absolute atomic E-state index is 3.78. The van der Waals surface area contributed by atoms with Crippen molar-refractivity contribution in [3.8, 4) is 0 Å². The van der Waals surface area contributed by atoms with Gasteiger partial charge in [-0.3, -0.25) is 0 Å². The number of thioether (sulfide) groups is 1. The minimum atomic E-state index is 0.760. The number of hydrogen-bond donors (Lipinski definition) is 1. The predicted molar refractivity (Wildman–Crippen MR) is 69.5 cm³/mol. The Morgan fingerprint density at radius 2 is 2.00 bits per heavy atom. The topological polar surface area (TPSA) is 12.0 Å². The fourth-order valence-electron chi connectivity index (χ4n) is 2.90. The van der Waals surface area contributed by atoms with E-state index in [4.69, 9.17) is 0 Å². The molecule has 2 unspecified atom stereocenters. The maximum Gasteiger partial charge on any atom is 0.00671 e. The Balaban J connectivity index is 1.64.